The van der Waals surface area contributed by atoms with Crippen molar-refractivity contribution in [2.24, 2.45) is 11.8 Å². The van der Waals surface area contributed by atoms with Crippen molar-refractivity contribution in [1.82, 2.24) is 14.9 Å². The summed E-state index contributed by atoms with van der Waals surface area (Å²) in [6.07, 6.45) is 6.76. The zero-order valence-electron chi connectivity index (χ0n) is 16.1. The van der Waals surface area contributed by atoms with E-state index in [0.29, 0.717) is 11.8 Å². The van der Waals surface area contributed by atoms with Gasteiger partial charge in [-0.25, -0.2) is 14.4 Å². The lowest BCUT2D eigenvalue weighted by molar-refractivity contribution is -0.0648. The number of hydrogen-bond donors (Lipinski definition) is 1. The first-order valence-corrected chi connectivity index (χ1v) is 9.97. The van der Waals surface area contributed by atoms with Crippen LogP contribution in [0.3, 0.4) is 0 Å². The van der Waals surface area contributed by atoms with Gasteiger partial charge in [0.15, 0.2) is 0 Å². The van der Waals surface area contributed by atoms with E-state index < -0.39 is 5.60 Å². The van der Waals surface area contributed by atoms with Crippen molar-refractivity contribution in [3.8, 4) is 0 Å². The maximum atomic E-state index is 13.3. The van der Waals surface area contributed by atoms with Crippen molar-refractivity contribution in [2.45, 2.75) is 51.2 Å². The van der Waals surface area contributed by atoms with Crippen molar-refractivity contribution in [3.63, 3.8) is 0 Å². The Morgan fingerprint density at radius 2 is 1.89 bits per heavy atom. The summed E-state index contributed by atoms with van der Waals surface area (Å²) in [7, 11) is 0. The summed E-state index contributed by atoms with van der Waals surface area (Å²) in [5.74, 6) is 1.61. The molecule has 2 aromatic rings. The number of halogens is 1. The normalized spacial score (nSPS) is 28.5. The van der Waals surface area contributed by atoms with E-state index in [-0.39, 0.29) is 11.7 Å². The number of hydrogen-bond acceptors (Lipinski definition) is 4. The second kappa shape index (κ2) is 7.28. The van der Waals surface area contributed by atoms with E-state index in [2.05, 4.69) is 28.7 Å². The Morgan fingerprint density at radius 1 is 1.19 bits per heavy atom. The van der Waals surface area contributed by atoms with Crippen molar-refractivity contribution in [1.29, 1.82) is 0 Å². The molecule has 1 aliphatic heterocycles. The first-order valence-electron chi connectivity index (χ1n) is 9.97. The third-order valence-corrected chi connectivity index (χ3v) is 6.25. The predicted molar refractivity (Wildman–Crippen MR) is 103 cm³/mol. The van der Waals surface area contributed by atoms with E-state index in [1.165, 1.54) is 12.1 Å². The molecule has 0 spiro atoms. The van der Waals surface area contributed by atoms with Crippen LogP contribution in [0.1, 0.15) is 56.0 Å². The summed E-state index contributed by atoms with van der Waals surface area (Å²) in [6.45, 7) is 6.84. The molecular formula is C22H28FN3O. The van der Waals surface area contributed by atoms with Gasteiger partial charge in [0.2, 0.25) is 0 Å². The maximum absolute atomic E-state index is 13.3. The Kier molecular flexibility index (Phi) is 4.99. The molecule has 0 amide bonds. The summed E-state index contributed by atoms with van der Waals surface area (Å²) in [6, 6.07) is 6.41. The number of likely N-dealkylation sites (tertiary alicyclic amines) is 1. The average molecular weight is 369 g/mol. The smallest absolute Gasteiger partial charge is 0.130 e. The lowest BCUT2D eigenvalue weighted by Gasteiger charge is -2.41. The van der Waals surface area contributed by atoms with Gasteiger partial charge < -0.3 is 5.11 Å². The molecular weight excluding hydrogens is 341 g/mol. The molecule has 3 atom stereocenters. The van der Waals surface area contributed by atoms with Gasteiger partial charge in [0.1, 0.15) is 11.6 Å². The Balaban J connectivity index is 1.49. The quantitative estimate of drug-likeness (QED) is 0.889. The highest BCUT2D eigenvalue weighted by Gasteiger charge is 2.49. The summed E-state index contributed by atoms with van der Waals surface area (Å²) in [5, 5.41) is 11.5. The Hall–Kier alpha value is -1.85. The molecule has 1 aromatic carbocycles. The highest BCUT2D eigenvalue weighted by molar-refractivity contribution is 5.26. The largest absolute Gasteiger partial charge is 0.385 e. The zero-order valence-corrected chi connectivity index (χ0v) is 16.1. The molecule has 1 saturated carbocycles. The number of fused-ring (bicyclic) bond motifs is 1. The minimum atomic E-state index is -0.858. The number of aliphatic hydroxyl groups is 1. The van der Waals surface area contributed by atoms with Crippen LogP contribution in [0, 0.1) is 17.7 Å². The molecule has 0 unspecified atom stereocenters. The zero-order chi connectivity index (χ0) is 19.0. The lowest BCUT2D eigenvalue weighted by Crippen LogP contribution is -2.42. The number of rotatable bonds is 4. The van der Waals surface area contributed by atoms with Crippen LogP contribution in [0.25, 0.3) is 0 Å². The topological polar surface area (TPSA) is 49.2 Å². The van der Waals surface area contributed by atoms with Gasteiger partial charge in [0.05, 0.1) is 5.60 Å². The van der Waals surface area contributed by atoms with Gasteiger partial charge >= 0.3 is 0 Å². The molecule has 0 radical (unpaired) electrons. The Morgan fingerprint density at radius 3 is 2.56 bits per heavy atom. The summed E-state index contributed by atoms with van der Waals surface area (Å²) >= 11 is 0. The van der Waals surface area contributed by atoms with E-state index >= 15 is 0 Å². The van der Waals surface area contributed by atoms with Gasteiger partial charge in [-0.05, 0) is 42.9 Å². The van der Waals surface area contributed by atoms with Crippen molar-refractivity contribution < 1.29 is 9.50 Å². The third-order valence-electron chi connectivity index (χ3n) is 6.25. The molecule has 1 aromatic heterocycles. The molecule has 2 heterocycles. The van der Waals surface area contributed by atoms with Crippen LogP contribution in [-0.2, 0) is 12.1 Å². The lowest BCUT2D eigenvalue weighted by atomic mass is 9.67. The van der Waals surface area contributed by atoms with Crippen molar-refractivity contribution in [2.75, 3.05) is 13.1 Å². The molecule has 0 bridgehead atoms. The van der Waals surface area contributed by atoms with Gasteiger partial charge in [0, 0.05) is 49.4 Å². The molecule has 5 heteroatoms. The van der Waals surface area contributed by atoms with Crippen LogP contribution in [0.2, 0.25) is 0 Å². The van der Waals surface area contributed by atoms with Crippen LogP contribution in [0.15, 0.2) is 36.7 Å². The highest BCUT2D eigenvalue weighted by atomic mass is 19.1. The fourth-order valence-electron chi connectivity index (χ4n) is 4.84. The molecule has 27 heavy (non-hydrogen) atoms. The monoisotopic (exact) mass is 369 g/mol. The van der Waals surface area contributed by atoms with E-state index in [0.717, 1.165) is 55.8 Å². The Bertz CT molecular complexity index is 777. The summed E-state index contributed by atoms with van der Waals surface area (Å²) < 4.78 is 13.3. The van der Waals surface area contributed by atoms with Crippen LogP contribution >= 0.6 is 0 Å². The standard InChI is InChI=1S/C22H28FN3O/c1-15(2)21-24-10-16(11-25-21)12-26-13-17-4-3-9-22(27,20(17)14-26)18-5-7-19(23)8-6-18/h5-8,10-11,15,17,20,27H,3-4,9,12-14H2,1-2H3/t17-,20+,22-/m0/s1. The molecule has 1 saturated heterocycles. The summed E-state index contributed by atoms with van der Waals surface area (Å²) in [4.78, 5) is 11.4. The van der Waals surface area contributed by atoms with Crippen LogP contribution in [0.5, 0.6) is 0 Å². The second-order valence-corrected chi connectivity index (χ2v) is 8.49. The SMILES string of the molecule is CC(C)c1ncc(CN2C[C@@H]3CCC[C@](O)(c4ccc(F)cc4)[C@@H]3C2)cn1. The third kappa shape index (κ3) is 3.63. The fourth-order valence-corrected chi connectivity index (χ4v) is 4.84. The van der Waals surface area contributed by atoms with Gasteiger partial charge in [-0.2, -0.15) is 0 Å². The van der Waals surface area contributed by atoms with E-state index in [1.807, 2.05) is 12.4 Å². The molecule has 1 aliphatic carbocycles. The van der Waals surface area contributed by atoms with E-state index in [9.17, 15) is 9.50 Å². The first-order chi connectivity index (χ1) is 13.0. The second-order valence-electron chi connectivity index (χ2n) is 8.49. The molecule has 144 valence electrons. The molecule has 1 N–H and O–H groups in total. The highest BCUT2D eigenvalue weighted by Crippen LogP contribution is 2.48. The first kappa shape index (κ1) is 18.5. The molecule has 2 aliphatic rings. The summed E-state index contributed by atoms with van der Waals surface area (Å²) in [5.41, 5.74) is 1.11. The van der Waals surface area contributed by atoms with Crippen LogP contribution < -0.4 is 0 Å². The minimum Gasteiger partial charge on any atom is -0.385 e. The fraction of sp³-hybridized carbons (Fsp3) is 0.545. The molecule has 4 rings (SSSR count). The van der Waals surface area contributed by atoms with Crippen molar-refractivity contribution >= 4 is 0 Å². The molecule has 2 fully saturated rings. The maximum Gasteiger partial charge on any atom is 0.130 e. The number of aromatic nitrogens is 2. The van der Waals surface area contributed by atoms with Gasteiger partial charge in [-0.15, -0.1) is 0 Å². The Labute approximate surface area is 160 Å². The predicted octanol–water partition coefficient (Wildman–Crippen LogP) is 3.86. The minimum absolute atomic E-state index is 0.188. The van der Waals surface area contributed by atoms with Crippen LogP contribution in [0.4, 0.5) is 4.39 Å². The van der Waals surface area contributed by atoms with Gasteiger partial charge in [-0.1, -0.05) is 26.0 Å². The van der Waals surface area contributed by atoms with Gasteiger partial charge in [0.25, 0.3) is 0 Å². The van der Waals surface area contributed by atoms with E-state index in [4.69, 9.17) is 0 Å². The molecule has 4 nitrogen and oxygen atoms in total. The van der Waals surface area contributed by atoms with Crippen LogP contribution in [-0.4, -0.2) is 33.1 Å². The average Bonchev–Trinajstić information content (AvgIpc) is 3.07. The van der Waals surface area contributed by atoms with E-state index in [1.54, 1.807) is 12.1 Å². The van der Waals surface area contributed by atoms with Gasteiger partial charge in [-0.3, -0.25) is 4.90 Å². The van der Waals surface area contributed by atoms with Crippen molar-refractivity contribution in [3.05, 3.63) is 59.4 Å². The number of benzene rings is 1. The number of nitrogens with zero attached hydrogens (tertiary/aromatic N) is 3.